The van der Waals surface area contributed by atoms with E-state index in [4.69, 9.17) is 9.47 Å². The van der Waals surface area contributed by atoms with Gasteiger partial charge in [0.25, 0.3) is 5.91 Å². The van der Waals surface area contributed by atoms with Gasteiger partial charge in [-0.05, 0) is 37.3 Å². The number of para-hydroxylation sites is 1. The quantitative estimate of drug-likeness (QED) is 0.671. The third kappa shape index (κ3) is 3.76. The normalized spacial score (nSPS) is 10.6. The molecule has 0 saturated heterocycles. The summed E-state index contributed by atoms with van der Waals surface area (Å²) in [4.78, 5) is 12.5. The summed E-state index contributed by atoms with van der Waals surface area (Å²) in [5.41, 5.74) is 1.77. The molecule has 0 aliphatic heterocycles. The van der Waals surface area contributed by atoms with Crippen molar-refractivity contribution in [1.82, 2.24) is 9.88 Å². The zero-order valence-electron chi connectivity index (χ0n) is 14.5. The Hall–Kier alpha value is -2.95. The van der Waals surface area contributed by atoms with Crippen molar-refractivity contribution in [3.05, 3.63) is 60.3 Å². The second kappa shape index (κ2) is 7.75. The fraction of sp³-hybridized carbons (Fsp3) is 0.250. The maximum Gasteiger partial charge on any atom is 0.253 e. The number of nitrogens with zero attached hydrogens (tertiary/aromatic N) is 1. The van der Waals surface area contributed by atoms with Crippen molar-refractivity contribution >= 4 is 16.8 Å². The standard InChI is InChI=1S/C20H22N2O3/c1-3-22-14-18(17-6-4-5-7-19(17)22)20(23)21-12-13-25-16-10-8-15(24-2)9-11-16/h4-11,14H,3,12-13H2,1-2H3,(H,21,23). The van der Waals surface area contributed by atoms with Gasteiger partial charge in [-0.1, -0.05) is 18.2 Å². The largest absolute Gasteiger partial charge is 0.497 e. The topological polar surface area (TPSA) is 52.5 Å². The van der Waals surface area contributed by atoms with Gasteiger partial charge in [0.2, 0.25) is 0 Å². The van der Waals surface area contributed by atoms with Gasteiger partial charge < -0.3 is 19.4 Å². The Morgan fingerprint density at radius 3 is 2.52 bits per heavy atom. The predicted molar refractivity (Wildman–Crippen MR) is 98.4 cm³/mol. The third-order valence-corrected chi connectivity index (χ3v) is 4.09. The molecule has 3 rings (SSSR count). The van der Waals surface area contributed by atoms with Gasteiger partial charge in [-0.15, -0.1) is 0 Å². The molecule has 130 valence electrons. The Morgan fingerprint density at radius 2 is 1.80 bits per heavy atom. The van der Waals surface area contributed by atoms with E-state index in [0.29, 0.717) is 18.7 Å². The molecule has 0 radical (unpaired) electrons. The zero-order valence-corrected chi connectivity index (χ0v) is 14.5. The number of carbonyl (C=O) groups is 1. The van der Waals surface area contributed by atoms with E-state index in [2.05, 4.69) is 16.8 Å². The number of methoxy groups -OCH3 is 1. The van der Waals surface area contributed by atoms with Crippen LogP contribution in [-0.4, -0.2) is 30.7 Å². The highest BCUT2D eigenvalue weighted by Gasteiger charge is 2.13. The van der Waals surface area contributed by atoms with Gasteiger partial charge in [0, 0.05) is 23.6 Å². The minimum absolute atomic E-state index is 0.0817. The fourth-order valence-electron chi connectivity index (χ4n) is 2.79. The molecule has 1 N–H and O–H groups in total. The van der Waals surface area contributed by atoms with Crippen LogP contribution in [0.4, 0.5) is 0 Å². The highest BCUT2D eigenvalue weighted by molar-refractivity contribution is 6.07. The van der Waals surface area contributed by atoms with Crippen molar-refractivity contribution < 1.29 is 14.3 Å². The summed E-state index contributed by atoms with van der Waals surface area (Å²) in [7, 11) is 1.63. The Morgan fingerprint density at radius 1 is 1.08 bits per heavy atom. The van der Waals surface area contributed by atoms with Crippen LogP contribution in [0.3, 0.4) is 0 Å². The number of nitrogens with one attached hydrogen (secondary N) is 1. The van der Waals surface area contributed by atoms with E-state index in [1.807, 2.05) is 54.7 Å². The maximum atomic E-state index is 12.5. The second-order valence-corrected chi connectivity index (χ2v) is 5.63. The Balaban J connectivity index is 1.57. The van der Waals surface area contributed by atoms with E-state index in [1.165, 1.54) is 0 Å². The number of ether oxygens (including phenoxy) is 2. The van der Waals surface area contributed by atoms with E-state index in [1.54, 1.807) is 7.11 Å². The fourth-order valence-corrected chi connectivity index (χ4v) is 2.79. The summed E-state index contributed by atoms with van der Waals surface area (Å²) >= 11 is 0. The summed E-state index contributed by atoms with van der Waals surface area (Å²) in [6, 6.07) is 15.3. The number of hydrogen-bond acceptors (Lipinski definition) is 3. The molecule has 1 amide bonds. The molecule has 5 nitrogen and oxygen atoms in total. The van der Waals surface area contributed by atoms with Crippen molar-refractivity contribution in [3.63, 3.8) is 0 Å². The molecule has 0 aliphatic rings. The first-order valence-electron chi connectivity index (χ1n) is 8.36. The molecule has 0 unspecified atom stereocenters. The summed E-state index contributed by atoms with van der Waals surface area (Å²) in [6.07, 6.45) is 1.91. The van der Waals surface area contributed by atoms with Gasteiger partial charge in [0.1, 0.15) is 18.1 Å². The van der Waals surface area contributed by atoms with Gasteiger partial charge in [0.05, 0.1) is 19.2 Å². The summed E-state index contributed by atoms with van der Waals surface area (Å²) < 4.78 is 12.8. The van der Waals surface area contributed by atoms with Crippen molar-refractivity contribution in [2.24, 2.45) is 0 Å². The lowest BCUT2D eigenvalue weighted by Crippen LogP contribution is -2.28. The lowest BCUT2D eigenvalue weighted by molar-refractivity contribution is 0.0948. The lowest BCUT2D eigenvalue weighted by atomic mass is 10.1. The van der Waals surface area contributed by atoms with Crippen LogP contribution in [0.15, 0.2) is 54.7 Å². The van der Waals surface area contributed by atoms with Gasteiger partial charge in [0.15, 0.2) is 0 Å². The van der Waals surface area contributed by atoms with Gasteiger partial charge >= 0.3 is 0 Å². The average molecular weight is 338 g/mol. The second-order valence-electron chi connectivity index (χ2n) is 5.63. The number of carbonyl (C=O) groups excluding carboxylic acids is 1. The van der Waals surface area contributed by atoms with Crippen molar-refractivity contribution in [2.75, 3.05) is 20.3 Å². The number of aromatic nitrogens is 1. The maximum absolute atomic E-state index is 12.5. The van der Waals surface area contributed by atoms with Gasteiger partial charge in [-0.25, -0.2) is 0 Å². The summed E-state index contributed by atoms with van der Waals surface area (Å²) in [6.45, 7) is 3.74. The van der Waals surface area contributed by atoms with Crippen LogP contribution in [0.5, 0.6) is 11.5 Å². The number of benzene rings is 2. The predicted octanol–water partition coefficient (Wildman–Crippen LogP) is 3.48. The van der Waals surface area contributed by atoms with Crippen LogP contribution < -0.4 is 14.8 Å². The van der Waals surface area contributed by atoms with E-state index in [9.17, 15) is 4.79 Å². The van der Waals surface area contributed by atoms with E-state index in [-0.39, 0.29) is 5.91 Å². The number of aryl methyl sites for hydroxylation is 1. The first kappa shape index (κ1) is 16.9. The summed E-state index contributed by atoms with van der Waals surface area (Å²) in [5.74, 6) is 1.45. The van der Waals surface area contributed by atoms with Crippen LogP contribution in [0.25, 0.3) is 10.9 Å². The molecule has 0 aliphatic carbocycles. The SMILES string of the molecule is CCn1cc(C(=O)NCCOc2ccc(OC)cc2)c2ccccc21. The molecule has 25 heavy (non-hydrogen) atoms. The number of amides is 1. The molecule has 3 aromatic rings. The summed E-state index contributed by atoms with van der Waals surface area (Å²) in [5, 5.41) is 3.89. The van der Waals surface area contributed by atoms with E-state index in [0.717, 1.165) is 28.9 Å². The lowest BCUT2D eigenvalue weighted by Gasteiger charge is -2.08. The molecular weight excluding hydrogens is 316 g/mol. The number of hydrogen-bond donors (Lipinski definition) is 1. The van der Waals surface area contributed by atoms with Crippen LogP contribution in [0, 0.1) is 0 Å². The molecule has 5 heteroatoms. The Kier molecular flexibility index (Phi) is 5.23. The van der Waals surface area contributed by atoms with Crippen LogP contribution in [0.2, 0.25) is 0 Å². The highest BCUT2D eigenvalue weighted by atomic mass is 16.5. The molecule has 0 bridgehead atoms. The van der Waals surface area contributed by atoms with E-state index >= 15 is 0 Å². The van der Waals surface area contributed by atoms with Crippen LogP contribution in [0.1, 0.15) is 17.3 Å². The van der Waals surface area contributed by atoms with Crippen molar-refractivity contribution in [1.29, 1.82) is 0 Å². The highest BCUT2D eigenvalue weighted by Crippen LogP contribution is 2.21. The molecule has 0 spiro atoms. The van der Waals surface area contributed by atoms with Crippen molar-refractivity contribution in [3.8, 4) is 11.5 Å². The third-order valence-electron chi connectivity index (χ3n) is 4.09. The van der Waals surface area contributed by atoms with Crippen LogP contribution in [-0.2, 0) is 6.54 Å². The number of fused-ring (bicyclic) bond motifs is 1. The van der Waals surface area contributed by atoms with Crippen LogP contribution >= 0.6 is 0 Å². The molecule has 0 atom stereocenters. The molecule has 2 aromatic carbocycles. The molecule has 1 aromatic heterocycles. The smallest absolute Gasteiger partial charge is 0.253 e. The van der Waals surface area contributed by atoms with Gasteiger partial charge in [-0.3, -0.25) is 4.79 Å². The molecular formula is C20H22N2O3. The molecule has 0 saturated carbocycles. The van der Waals surface area contributed by atoms with Gasteiger partial charge in [-0.2, -0.15) is 0 Å². The molecule has 0 fully saturated rings. The van der Waals surface area contributed by atoms with E-state index < -0.39 is 0 Å². The minimum Gasteiger partial charge on any atom is -0.497 e. The Labute approximate surface area is 147 Å². The van der Waals surface area contributed by atoms with Crippen molar-refractivity contribution in [2.45, 2.75) is 13.5 Å². The zero-order chi connectivity index (χ0) is 17.6. The first-order valence-corrected chi connectivity index (χ1v) is 8.36. The first-order chi connectivity index (χ1) is 12.2. The average Bonchev–Trinajstić information content (AvgIpc) is 3.04. The monoisotopic (exact) mass is 338 g/mol. The minimum atomic E-state index is -0.0817. The Bertz CT molecular complexity index is 853. The molecule has 1 heterocycles. The number of rotatable bonds is 7.